The topological polar surface area (TPSA) is 24.9 Å². The van der Waals surface area contributed by atoms with Gasteiger partial charge < -0.3 is 5.32 Å². The van der Waals surface area contributed by atoms with Gasteiger partial charge in [-0.2, -0.15) is 0 Å². The molecule has 78 valence electrons. The van der Waals surface area contributed by atoms with E-state index in [0.29, 0.717) is 6.54 Å². The number of unbranched alkanes of at least 4 members (excludes halogenated alkanes) is 1. The number of alkyl halides is 1. The van der Waals surface area contributed by atoms with Crippen LogP contribution in [-0.4, -0.2) is 16.9 Å². The molecule has 1 heterocycles. The van der Waals surface area contributed by atoms with E-state index in [9.17, 15) is 4.39 Å². The quantitative estimate of drug-likeness (QED) is 0.628. The summed E-state index contributed by atoms with van der Waals surface area (Å²) in [6.45, 7) is 1.65. The first-order valence-electron chi connectivity index (χ1n) is 4.69. The number of hydrogen-bond donors (Lipinski definition) is 1. The van der Waals surface area contributed by atoms with E-state index in [1.54, 1.807) is 6.20 Å². The van der Waals surface area contributed by atoms with Crippen LogP contribution in [-0.2, 0) is 6.54 Å². The van der Waals surface area contributed by atoms with Gasteiger partial charge in [0, 0.05) is 18.1 Å². The van der Waals surface area contributed by atoms with Crippen molar-refractivity contribution in [3.8, 4) is 0 Å². The molecule has 0 fully saturated rings. The van der Waals surface area contributed by atoms with Crippen molar-refractivity contribution < 1.29 is 4.39 Å². The molecule has 0 unspecified atom stereocenters. The molecule has 0 spiro atoms. The summed E-state index contributed by atoms with van der Waals surface area (Å²) >= 11 is 3.37. The van der Waals surface area contributed by atoms with Crippen molar-refractivity contribution in [2.24, 2.45) is 0 Å². The van der Waals surface area contributed by atoms with Gasteiger partial charge in [-0.25, -0.2) is 4.39 Å². The van der Waals surface area contributed by atoms with Gasteiger partial charge in [0.1, 0.15) is 5.82 Å². The van der Waals surface area contributed by atoms with Crippen LogP contribution in [0.2, 0.25) is 0 Å². The van der Waals surface area contributed by atoms with Crippen LogP contribution in [0.3, 0.4) is 0 Å². The predicted molar refractivity (Wildman–Crippen MR) is 58.9 cm³/mol. The molecule has 0 radical (unpaired) electrons. The monoisotopic (exact) mass is 260 g/mol. The van der Waals surface area contributed by atoms with Crippen molar-refractivity contribution in [1.29, 1.82) is 0 Å². The third-order valence-electron chi connectivity index (χ3n) is 1.83. The molecule has 14 heavy (non-hydrogen) atoms. The van der Waals surface area contributed by atoms with Crippen LogP contribution in [0.1, 0.15) is 18.4 Å². The second-order valence-electron chi connectivity index (χ2n) is 3.08. The van der Waals surface area contributed by atoms with E-state index in [-0.39, 0.29) is 5.82 Å². The summed E-state index contributed by atoms with van der Waals surface area (Å²) in [6.07, 6.45) is 5.19. The minimum atomic E-state index is -0.273. The maximum absolute atomic E-state index is 12.7. The Balaban J connectivity index is 2.18. The Kier molecular flexibility index (Phi) is 5.71. The van der Waals surface area contributed by atoms with E-state index in [0.717, 1.165) is 30.3 Å². The number of rotatable bonds is 6. The molecule has 0 amide bonds. The third kappa shape index (κ3) is 4.67. The highest BCUT2D eigenvalue weighted by Gasteiger charge is 1.95. The third-order valence-corrected chi connectivity index (χ3v) is 2.39. The predicted octanol–water partition coefficient (Wildman–Crippen LogP) is 2.49. The van der Waals surface area contributed by atoms with Crippen molar-refractivity contribution in [2.75, 3.05) is 11.9 Å². The molecule has 2 nitrogen and oxygen atoms in total. The molecule has 0 aliphatic rings. The zero-order valence-electron chi connectivity index (χ0n) is 7.97. The Bertz CT molecular complexity index is 268. The molecule has 1 aromatic heterocycles. The molecule has 1 N–H and O–H groups in total. The lowest BCUT2D eigenvalue weighted by Gasteiger charge is -2.03. The summed E-state index contributed by atoms with van der Waals surface area (Å²) in [5, 5.41) is 4.27. The van der Waals surface area contributed by atoms with E-state index in [1.807, 2.05) is 0 Å². The Morgan fingerprint density at radius 2 is 2.21 bits per heavy atom. The largest absolute Gasteiger partial charge is 0.313 e. The lowest BCUT2D eigenvalue weighted by Crippen LogP contribution is -2.14. The zero-order valence-corrected chi connectivity index (χ0v) is 9.56. The van der Waals surface area contributed by atoms with Crippen molar-refractivity contribution in [2.45, 2.75) is 19.4 Å². The number of pyridine rings is 1. The Labute approximate surface area is 92.1 Å². The van der Waals surface area contributed by atoms with E-state index in [2.05, 4.69) is 26.2 Å². The first-order chi connectivity index (χ1) is 6.83. The van der Waals surface area contributed by atoms with Crippen LogP contribution in [0, 0.1) is 5.82 Å². The summed E-state index contributed by atoms with van der Waals surface area (Å²) in [4.78, 5) is 3.78. The Morgan fingerprint density at radius 1 is 1.36 bits per heavy atom. The van der Waals surface area contributed by atoms with Gasteiger partial charge in [-0.1, -0.05) is 15.9 Å². The van der Waals surface area contributed by atoms with Gasteiger partial charge >= 0.3 is 0 Å². The van der Waals surface area contributed by atoms with Crippen LogP contribution in [0.4, 0.5) is 4.39 Å². The average molecular weight is 261 g/mol. The van der Waals surface area contributed by atoms with Crippen LogP contribution in [0.15, 0.2) is 18.5 Å². The van der Waals surface area contributed by atoms with Gasteiger partial charge in [-0.3, -0.25) is 4.98 Å². The lowest BCUT2D eigenvalue weighted by molar-refractivity contribution is 0.608. The Hall–Kier alpha value is -0.480. The molecule has 1 rings (SSSR count). The van der Waals surface area contributed by atoms with Gasteiger partial charge in [-0.15, -0.1) is 0 Å². The van der Waals surface area contributed by atoms with E-state index in [1.165, 1.54) is 12.3 Å². The van der Waals surface area contributed by atoms with Crippen LogP contribution < -0.4 is 5.32 Å². The Morgan fingerprint density at radius 3 is 2.93 bits per heavy atom. The highest BCUT2D eigenvalue weighted by Crippen LogP contribution is 2.00. The second kappa shape index (κ2) is 6.90. The highest BCUT2D eigenvalue weighted by atomic mass is 79.9. The van der Waals surface area contributed by atoms with Gasteiger partial charge in [0.2, 0.25) is 0 Å². The number of nitrogens with one attached hydrogen (secondary N) is 1. The summed E-state index contributed by atoms with van der Waals surface area (Å²) in [6, 6.07) is 1.50. The highest BCUT2D eigenvalue weighted by molar-refractivity contribution is 9.09. The number of halogens is 2. The summed E-state index contributed by atoms with van der Waals surface area (Å²) in [5.74, 6) is -0.273. The van der Waals surface area contributed by atoms with Gasteiger partial charge in [0.25, 0.3) is 0 Å². The van der Waals surface area contributed by atoms with Crippen molar-refractivity contribution in [3.63, 3.8) is 0 Å². The molecular weight excluding hydrogens is 247 g/mol. The second-order valence-corrected chi connectivity index (χ2v) is 3.88. The molecule has 1 aromatic rings. The van der Waals surface area contributed by atoms with E-state index in [4.69, 9.17) is 0 Å². The lowest BCUT2D eigenvalue weighted by atomic mass is 10.2. The van der Waals surface area contributed by atoms with Gasteiger partial charge in [-0.05, 0) is 31.0 Å². The van der Waals surface area contributed by atoms with Crippen molar-refractivity contribution >= 4 is 15.9 Å². The molecule has 0 aliphatic heterocycles. The fourth-order valence-corrected chi connectivity index (χ4v) is 1.53. The summed E-state index contributed by atoms with van der Waals surface area (Å²) < 4.78 is 12.7. The van der Waals surface area contributed by atoms with E-state index >= 15 is 0 Å². The summed E-state index contributed by atoms with van der Waals surface area (Å²) in [5.41, 5.74) is 0.892. The zero-order chi connectivity index (χ0) is 10.2. The first kappa shape index (κ1) is 11.6. The van der Waals surface area contributed by atoms with Crippen LogP contribution in [0.5, 0.6) is 0 Å². The average Bonchev–Trinajstić information content (AvgIpc) is 2.18. The normalized spacial score (nSPS) is 10.4. The number of hydrogen-bond acceptors (Lipinski definition) is 2. The van der Waals surface area contributed by atoms with Crippen molar-refractivity contribution in [1.82, 2.24) is 10.3 Å². The minimum Gasteiger partial charge on any atom is -0.313 e. The molecule has 0 aromatic carbocycles. The van der Waals surface area contributed by atoms with Gasteiger partial charge in [0.05, 0.1) is 6.20 Å². The molecule has 0 bridgehead atoms. The number of nitrogens with zero attached hydrogens (tertiary/aromatic N) is 1. The molecule has 4 heteroatoms. The number of aromatic nitrogens is 1. The standard InChI is InChI=1S/C10H14BrFN2/c11-3-1-2-4-13-6-9-5-10(12)8-14-7-9/h5,7-8,13H,1-4,6H2. The molecular formula is C10H14BrFN2. The fraction of sp³-hybridized carbons (Fsp3) is 0.500. The molecule has 0 atom stereocenters. The first-order valence-corrected chi connectivity index (χ1v) is 5.81. The molecule has 0 saturated carbocycles. The van der Waals surface area contributed by atoms with Crippen LogP contribution >= 0.6 is 15.9 Å². The summed E-state index contributed by atoms with van der Waals surface area (Å²) in [7, 11) is 0. The maximum atomic E-state index is 12.7. The maximum Gasteiger partial charge on any atom is 0.141 e. The smallest absolute Gasteiger partial charge is 0.141 e. The minimum absolute atomic E-state index is 0.273. The van der Waals surface area contributed by atoms with E-state index < -0.39 is 0 Å². The SMILES string of the molecule is Fc1cncc(CNCCCCBr)c1. The van der Waals surface area contributed by atoms with Crippen molar-refractivity contribution in [3.05, 3.63) is 29.8 Å². The molecule has 0 aliphatic carbocycles. The molecule has 0 saturated heterocycles. The van der Waals surface area contributed by atoms with Gasteiger partial charge in [0.15, 0.2) is 0 Å². The fourth-order valence-electron chi connectivity index (χ4n) is 1.13. The van der Waals surface area contributed by atoms with Crippen LogP contribution in [0.25, 0.3) is 0 Å².